The zero-order valence-corrected chi connectivity index (χ0v) is 16.6. The number of benzene rings is 1. The molecule has 0 aliphatic heterocycles. The summed E-state index contributed by atoms with van der Waals surface area (Å²) in [6, 6.07) is 12.2. The van der Waals surface area contributed by atoms with Gasteiger partial charge in [0, 0.05) is 5.39 Å². The molecule has 4 heteroatoms. The van der Waals surface area contributed by atoms with E-state index in [0.29, 0.717) is 0 Å². The Morgan fingerprint density at radius 1 is 0.778 bits per heavy atom. The van der Waals surface area contributed by atoms with Crippen LogP contribution in [0.15, 0.2) is 42.6 Å². The van der Waals surface area contributed by atoms with E-state index in [4.69, 9.17) is 0 Å². The van der Waals surface area contributed by atoms with Crippen LogP contribution in [0.4, 0.5) is 0 Å². The SMILES string of the molecule is CCCCCCCCCCCCc1cn(-c2ccc3ccccc3n2)nn1. The molecule has 2 heterocycles. The highest BCUT2D eigenvalue weighted by Crippen LogP contribution is 2.15. The number of unbranched alkanes of at least 4 members (excludes halogenated alkanes) is 9. The lowest BCUT2D eigenvalue weighted by atomic mass is 10.1. The van der Waals surface area contributed by atoms with E-state index in [0.717, 1.165) is 28.8 Å². The molecule has 3 rings (SSSR count). The maximum atomic E-state index is 4.68. The van der Waals surface area contributed by atoms with E-state index in [1.165, 1.54) is 64.2 Å². The van der Waals surface area contributed by atoms with Crippen LogP contribution in [-0.2, 0) is 6.42 Å². The van der Waals surface area contributed by atoms with E-state index in [1.54, 1.807) is 4.68 Å². The quantitative estimate of drug-likeness (QED) is 0.355. The highest BCUT2D eigenvalue weighted by atomic mass is 15.4. The summed E-state index contributed by atoms with van der Waals surface area (Å²) in [6.45, 7) is 2.27. The van der Waals surface area contributed by atoms with Crippen molar-refractivity contribution in [1.29, 1.82) is 0 Å². The Labute approximate surface area is 163 Å². The third kappa shape index (κ3) is 6.16. The Hall–Kier alpha value is -2.23. The molecule has 0 amide bonds. The van der Waals surface area contributed by atoms with Crippen LogP contribution < -0.4 is 0 Å². The van der Waals surface area contributed by atoms with Crippen molar-refractivity contribution in [3.05, 3.63) is 48.3 Å². The Kier molecular flexibility index (Phi) is 7.82. The lowest BCUT2D eigenvalue weighted by molar-refractivity contribution is 0.555. The molecule has 0 bridgehead atoms. The van der Waals surface area contributed by atoms with Crippen molar-refractivity contribution < 1.29 is 0 Å². The number of fused-ring (bicyclic) bond motifs is 1. The molecule has 0 atom stereocenters. The van der Waals surface area contributed by atoms with E-state index in [2.05, 4.69) is 34.4 Å². The first kappa shape index (κ1) is 19.5. The lowest BCUT2D eigenvalue weighted by Gasteiger charge is -2.02. The van der Waals surface area contributed by atoms with E-state index < -0.39 is 0 Å². The number of hydrogen-bond donors (Lipinski definition) is 0. The first-order valence-electron chi connectivity index (χ1n) is 10.6. The number of nitrogens with zero attached hydrogens (tertiary/aromatic N) is 4. The smallest absolute Gasteiger partial charge is 0.155 e. The molecule has 0 unspecified atom stereocenters. The van der Waals surface area contributed by atoms with Crippen LogP contribution in [0, 0.1) is 0 Å². The fraction of sp³-hybridized carbons (Fsp3) is 0.522. The summed E-state index contributed by atoms with van der Waals surface area (Å²) >= 11 is 0. The average molecular weight is 365 g/mol. The van der Waals surface area contributed by atoms with Crippen LogP contribution >= 0.6 is 0 Å². The maximum Gasteiger partial charge on any atom is 0.155 e. The number of aromatic nitrogens is 4. The maximum absolute atomic E-state index is 4.68. The van der Waals surface area contributed by atoms with Gasteiger partial charge >= 0.3 is 0 Å². The summed E-state index contributed by atoms with van der Waals surface area (Å²) in [7, 11) is 0. The minimum absolute atomic E-state index is 0.829. The number of rotatable bonds is 12. The Balaban J connectivity index is 1.37. The lowest BCUT2D eigenvalue weighted by Crippen LogP contribution is -1.98. The fourth-order valence-corrected chi connectivity index (χ4v) is 3.50. The van der Waals surface area contributed by atoms with Crippen molar-refractivity contribution in [1.82, 2.24) is 20.0 Å². The second kappa shape index (κ2) is 10.8. The molecule has 0 radical (unpaired) electrons. The van der Waals surface area contributed by atoms with Crippen LogP contribution in [0.5, 0.6) is 0 Å². The van der Waals surface area contributed by atoms with Crippen LogP contribution in [-0.4, -0.2) is 20.0 Å². The van der Waals surface area contributed by atoms with Gasteiger partial charge in [0.15, 0.2) is 5.82 Å². The molecule has 3 aromatic rings. The van der Waals surface area contributed by atoms with E-state index in [1.807, 2.05) is 30.5 Å². The van der Waals surface area contributed by atoms with Crippen molar-refractivity contribution in [2.45, 2.75) is 77.6 Å². The summed E-state index contributed by atoms with van der Waals surface area (Å²) in [5.41, 5.74) is 2.05. The van der Waals surface area contributed by atoms with Gasteiger partial charge in [0.05, 0.1) is 17.4 Å². The Morgan fingerprint density at radius 2 is 1.48 bits per heavy atom. The van der Waals surface area contributed by atoms with Crippen LogP contribution in [0.1, 0.15) is 76.8 Å². The number of para-hydroxylation sites is 1. The number of pyridine rings is 1. The topological polar surface area (TPSA) is 43.6 Å². The first-order chi connectivity index (χ1) is 13.4. The van der Waals surface area contributed by atoms with Crippen molar-refractivity contribution in [3.8, 4) is 5.82 Å². The van der Waals surface area contributed by atoms with Gasteiger partial charge < -0.3 is 0 Å². The molecular weight excluding hydrogens is 332 g/mol. The van der Waals surface area contributed by atoms with Gasteiger partial charge in [-0.15, -0.1) is 5.10 Å². The Bertz CT molecular complexity index is 809. The van der Waals surface area contributed by atoms with Crippen molar-refractivity contribution in [3.63, 3.8) is 0 Å². The predicted octanol–water partition coefficient (Wildman–Crippen LogP) is 6.28. The molecule has 0 N–H and O–H groups in total. The molecule has 0 saturated heterocycles. The van der Waals surface area contributed by atoms with Gasteiger partial charge in [-0.05, 0) is 31.0 Å². The third-order valence-corrected chi connectivity index (χ3v) is 5.15. The van der Waals surface area contributed by atoms with Crippen molar-refractivity contribution in [2.75, 3.05) is 0 Å². The molecule has 27 heavy (non-hydrogen) atoms. The normalized spacial score (nSPS) is 11.3. The summed E-state index contributed by atoms with van der Waals surface area (Å²) in [4.78, 5) is 4.68. The molecule has 4 nitrogen and oxygen atoms in total. The molecular formula is C23H32N4. The van der Waals surface area contributed by atoms with Gasteiger partial charge in [-0.25, -0.2) is 9.67 Å². The van der Waals surface area contributed by atoms with E-state index >= 15 is 0 Å². The van der Waals surface area contributed by atoms with Gasteiger partial charge in [0.1, 0.15) is 0 Å². The zero-order chi connectivity index (χ0) is 18.7. The van der Waals surface area contributed by atoms with Gasteiger partial charge in [-0.3, -0.25) is 0 Å². The number of hydrogen-bond acceptors (Lipinski definition) is 3. The largest absolute Gasteiger partial charge is 0.229 e. The van der Waals surface area contributed by atoms with Crippen LogP contribution in [0.3, 0.4) is 0 Å². The monoisotopic (exact) mass is 364 g/mol. The van der Waals surface area contributed by atoms with Gasteiger partial charge in [0.2, 0.25) is 0 Å². The first-order valence-corrected chi connectivity index (χ1v) is 10.6. The zero-order valence-electron chi connectivity index (χ0n) is 16.6. The summed E-state index contributed by atoms with van der Waals surface area (Å²) in [5.74, 6) is 0.829. The molecule has 0 aliphatic carbocycles. The van der Waals surface area contributed by atoms with Crippen molar-refractivity contribution >= 4 is 10.9 Å². The summed E-state index contributed by atoms with van der Waals surface area (Å²) in [6.07, 6.45) is 16.6. The van der Waals surface area contributed by atoms with Gasteiger partial charge in [-0.2, -0.15) is 0 Å². The second-order valence-electron chi connectivity index (χ2n) is 7.45. The minimum atomic E-state index is 0.829. The summed E-state index contributed by atoms with van der Waals surface area (Å²) < 4.78 is 1.79. The third-order valence-electron chi connectivity index (χ3n) is 5.15. The summed E-state index contributed by atoms with van der Waals surface area (Å²) in [5, 5.41) is 9.73. The standard InChI is InChI=1S/C23H32N4/c1-2-3-4-5-6-7-8-9-10-11-15-21-19-27(26-25-21)23-18-17-20-14-12-13-16-22(20)24-23/h12-14,16-19H,2-11,15H2,1H3. The molecule has 144 valence electrons. The molecule has 0 aliphatic rings. The average Bonchev–Trinajstić information content (AvgIpc) is 3.18. The Morgan fingerprint density at radius 3 is 2.26 bits per heavy atom. The molecule has 2 aromatic heterocycles. The van der Waals surface area contributed by atoms with Gasteiger partial charge in [0.25, 0.3) is 0 Å². The molecule has 1 aromatic carbocycles. The highest BCUT2D eigenvalue weighted by molar-refractivity contribution is 5.79. The van der Waals surface area contributed by atoms with Gasteiger partial charge in [-0.1, -0.05) is 88.1 Å². The highest BCUT2D eigenvalue weighted by Gasteiger charge is 2.05. The van der Waals surface area contributed by atoms with Crippen LogP contribution in [0.2, 0.25) is 0 Å². The molecule has 0 spiro atoms. The second-order valence-corrected chi connectivity index (χ2v) is 7.45. The van der Waals surface area contributed by atoms with Crippen molar-refractivity contribution in [2.24, 2.45) is 0 Å². The van der Waals surface area contributed by atoms with E-state index in [9.17, 15) is 0 Å². The minimum Gasteiger partial charge on any atom is -0.229 e. The predicted molar refractivity (Wildman–Crippen MR) is 112 cm³/mol. The molecule has 0 saturated carbocycles. The fourth-order valence-electron chi connectivity index (χ4n) is 3.50. The number of aryl methyl sites for hydroxylation is 1. The molecule has 0 fully saturated rings. The van der Waals surface area contributed by atoms with E-state index in [-0.39, 0.29) is 0 Å². The van der Waals surface area contributed by atoms with Crippen LogP contribution in [0.25, 0.3) is 16.7 Å².